The van der Waals surface area contributed by atoms with Crippen LogP contribution in [0.1, 0.15) is 37.3 Å². The van der Waals surface area contributed by atoms with E-state index in [9.17, 15) is 0 Å². The van der Waals surface area contributed by atoms with E-state index in [0.29, 0.717) is 11.5 Å². The van der Waals surface area contributed by atoms with Crippen LogP contribution >= 0.6 is 23.2 Å². The van der Waals surface area contributed by atoms with Gasteiger partial charge in [-0.1, -0.05) is 74.3 Å². The quantitative estimate of drug-likeness (QED) is 0.645. The average molecular weight is 335 g/mol. The summed E-state index contributed by atoms with van der Waals surface area (Å²) >= 11 is 11.9. The molecule has 0 N–H and O–H groups in total. The third kappa shape index (κ3) is 2.81. The van der Waals surface area contributed by atoms with Crippen molar-refractivity contribution in [1.82, 2.24) is 19.6 Å². The second-order valence-corrected chi connectivity index (χ2v) is 7.22. The van der Waals surface area contributed by atoms with E-state index in [2.05, 4.69) is 35.8 Å². The van der Waals surface area contributed by atoms with Gasteiger partial charge in [-0.15, -0.1) is 0 Å². The summed E-state index contributed by atoms with van der Waals surface area (Å²) in [7, 11) is 0. The second kappa shape index (κ2) is 5.52. The van der Waals surface area contributed by atoms with E-state index in [1.165, 1.54) is 0 Å². The van der Waals surface area contributed by atoms with Gasteiger partial charge in [-0.05, 0) is 0 Å². The first-order valence-corrected chi connectivity index (χ1v) is 7.85. The summed E-state index contributed by atoms with van der Waals surface area (Å²) in [4.78, 5) is 8.16. The summed E-state index contributed by atoms with van der Waals surface area (Å²) < 4.78 is 1.77. The summed E-state index contributed by atoms with van der Waals surface area (Å²) in [6, 6.07) is 11.9. The lowest BCUT2D eigenvalue weighted by Gasteiger charge is -2.19. The number of alkyl halides is 2. The third-order valence-electron chi connectivity index (χ3n) is 3.28. The Balaban J connectivity index is 2.26. The largest absolute Gasteiger partial charge is 0.214 e. The molecule has 0 atom stereocenters. The maximum atomic E-state index is 5.96. The zero-order valence-corrected chi connectivity index (χ0v) is 14.1. The molecule has 0 unspecified atom stereocenters. The topological polar surface area (TPSA) is 43.1 Å². The Bertz CT molecular complexity index is 804. The highest BCUT2D eigenvalue weighted by Gasteiger charge is 2.24. The van der Waals surface area contributed by atoms with Crippen LogP contribution in [0.25, 0.3) is 16.9 Å². The van der Waals surface area contributed by atoms with Gasteiger partial charge in [-0.25, -0.2) is 9.97 Å². The van der Waals surface area contributed by atoms with Gasteiger partial charge in [0.05, 0.1) is 5.69 Å². The lowest BCUT2D eigenvalue weighted by atomic mass is 9.96. The van der Waals surface area contributed by atoms with Crippen LogP contribution in [-0.4, -0.2) is 19.6 Å². The monoisotopic (exact) mass is 334 g/mol. The molecule has 3 rings (SSSR count). The van der Waals surface area contributed by atoms with Crippen LogP contribution in [0.5, 0.6) is 0 Å². The van der Waals surface area contributed by atoms with Crippen molar-refractivity contribution < 1.29 is 0 Å². The molecule has 0 amide bonds. The van der Waals surface area contributed by atoms with E-state index in [1.54, 1.807) is 4.52 Å². The van der Waals surface area contributed by atoms with Gasteiger partial charge in [0, 0.05) is 17.0 Å². The first-order chi connectivity index (χ1) is 10.4. The average Bonchev–Trinajstić information content (AvgIpc) is 2.89. The van der Waals surface area contributed by atoms with E-state index in [0.717, 1.165) is 17.1 Å². The molecule has 0 aliphatic rings. The Morgan fingerprint density at radius 1 is 1.05 bits per heavy atom. The van der Waals surface area contributed by atoms with Crippen molar-refractivity contribution in [2.75, 3.05) is 0 Å². The SMILES string of the molecule is CC(C)(C)c1nc(C(Cl)Cl)nc2cc(-c3ccccc3)nn12. The Labute approximate surface area is 139 Å². The van der Waals surface area contributed by atoms with Crippen molar-refractivity contribution in [3.05, 3.63) is 48.0 Å². The smallest absolute Gasteiger partial charge is 0.167 e. The van der Waals surface area contributed by atoms with Gasteiger partial charge < -0.3 is 0 Å². The van der Waals surface area contributed by atoms with E-state index >= 15 is 0 Å². The number of nitrogens with zero attached hydrogens (tertiary/aromatic N) is 4. The van der Waals surface area contributed by atoms with Gasteiger partial charge in [0.2, 0.25) is 0 Å². The van der Waals surface area contributed by atoms with Crippen LogP contribution in [-0.2, 0) is 5.41 Å². The van der Waals surface area contributed by atoms with Gasteiger partial charge in [-0.2, -0.15) is 9.61 Å². The van der Waals surface area contributed by atoms with Gasteiger partial charge >= 0.3 is 0 Å². The van der Waals surface area contributed by atoms with Crippen molar-refractivity contribution in [2.45, 2.75) is 31.0 Å². The number of benzene rings is 1. The predicted octanol–water partition coefficient (Wildman–Crippen LogP) is 4.57. The molecule has 2 aromatic heterocycles. The van der Waals surface area contributed by atoms with E-state index in [4.69, 9.17) is 23.2 Å². The standard InChI is InChI=1S/C16H16Cl2N4/c1-16(2,3)15-20-14(13(17)18)19-12-9-11(21-22(12)15)10-7-5-4-6-8-10/h4-9,13H,1-3H3. The van der Waals surface area contributed by atoms with Gasteiger partial charge in [0.15, 0.2) is 16.3 Å². The summed E-state index contributed by atoms with van der Waals surface area (Å²) in [5, 5.41) is 4.66. The number of aromatic nitrogens is 4. The zero-order chi connectivity index (χ0) is 15.9. The van der Waals surface area contributed by atoms with Crippen molar-refractivity contribution in [1.29, 1.82) is 0 Å². The Morgan fingerprint density at radius 3 is 2.32 bits per heavy atom. The molecule has 4 nitrogen and oxygen atoms in total. The highest BCUT2D eigenvalue weighted by Crippen LogP contribution is 2.28. The fourth-order valence-corrected chi connectivity index (χ4v) is 2.43. The van der Waals surface area contributed by atoms with E-state index in [-0.39, 0.29) is 5.41 Å². The molecule has 0 spiro atoms. The number of halogens is 2. The van der Waals surface area contributed by atoms with Crippen LogP contribution in [0, 0.1) is 0 Å². The van der Waals surface area contributed by atoms with Crippen molar-refractivity contribution in [3.63, 3.8) is 0 Å². The molecule has 1 aromatic carbocycles. The van der Waals surface area contributed by atoms with Gasteiger partial charge in [-0.3, -0.25) is 0 Å². The Kier molecular flexibility index (Phi) is 3.83. The molecule has 0 radical (unpaired) electrons. The Morgan fingerprint density at radius 2 is 1.73 bits per heavy atom. The first-order valence-electron chi connectivity index (χ1n) is 6.98. The minimum absolute atomic E-state index is 0.210. The maximum Gasteiger partial charge on any atom is 0.167 e. The predicted molar refractivity (Wildman–Crippen MR) is 89.4 cm³/mol. The minimum atomic E-state index is -0.763. The lowest BCUT2D eigenvalue weighted by Crippen LogP contribution is -2.21. The van der Waals surface area contributed by atoms with Gasteiger partial charge in [0.1, 0.15) is 5.82 Å². The molecule has 6 heteroatoms. The molecule has 0 saturated carbocycles. The maximum absolute atomic E-state index is 5.96. The summed E-state index contributed by atoms with van der Waals surface area (Å²) in [6.45, 7) is 6.21. The molecule has 22 heavy (non-hydrogen) atoms. The molecule has 0 aliphatic carbocycles. The molecule has 114 valence electrons. The summed E-state index contributed by atoms with van der Waals surface area (Å²) in [5.74, 6) is 1.18. The highest BCUT2D eigenvalue weighted by atomic mass is 35.5. The minimum Gasteiger partial charge on any atom is -0.214 e. The van der Waals surface area contributed by atoms with Crippen LogP contribution in [0.3, 0.4) is 0 Å². The lowest BCUT2D eigenvalue weighted by molar-refractivity contribution is 0.516. The fourth-order valence-electron chi connectivity index (χ4n) is 2.24. The fraction of sp³-hybridized carbons (Fsp3) is 0.312. The number of hydrogen-bond donors (Lipinski definition) is 0. The highest BCUT2D eigenvalue weighted by molar-refractivity contribution is 6.43. The summed E-state index contributed by atoms with van der Waals surface area (Å²) in [6.07, 6.45) is 0. The molecule has 0 aliphatic heterocycles. The zero-order valence-electron chi connectivity index (χ0n) is 12.6. The number of fused-ring (bicyclic) bond motifs is 1. The third-order valence-corrected chi connectivity index (χ3v) is 3.67. The number of rotatable bonds is 2. The van der Waals surface area contributed by atoms with E-state index in [1.807, 2.05) is 36.4 Å². The molecule has 2 heterocycles. The van der Waals surface area contributed by atoms with Crippen LogP contribution in [0.2, 0.25) is 0 Å². The van der Waals surface area contributed by atoms with Crippen molar-refractivity contribution in [2.24, 2.45) is 0 Å². The molecule has 3 aromatic rings. The van der Waals surface area contributed by atoms with Crippen LogP contribution < -0.4 is 0 Å². The molecular weight excluding hydrogens is 319 g/mol. The normalized spacial score (nSPS) is 12.3. The number of hydrogen-bond acceptors (Lipinski definition) is 3. The summed E-state index contributed by atoms with van der Waals surface area (Å²) in [5.41, 5.74) is 2.36. The molecular formula is C16H16Cl2N4. The van der Waals surface area contributed by atoms with Crippen LogP contribution in [0.15, 0.2) is 36.4 Å². The van der Waals surface area contributed by atoms with Crippen molar-refractivity contribution >= 4 is 28.8 Å². The second-order valence-electron chi connectivity index (χ2n) is 6.12. The Hall–Kier alpha value is -1.65. The molecule has 0 fully saturated rings. The van der Waals surface area contributed by atoms with E-state index < -0.39 is 4.84 Å². The molecule has 0 bridgehead atoms. The first kappa shape index (κ1) is 15.3. The molecule has 0 saturated heterocycles. The van der Waals surface area contributed by atoms with Gasteiger partial charge in [0.25, 0.3) is 0 Å². The van der Waals surface area contributed by atoms with Crippen molar-refractivity contribution in [3.8, 4) is 11.3 Å². The van der Waals surface area contributed by atoms with Crippen LogP contribution in [0.4, 0.5) is 0 Å².